The summed E-state index contributed by atoms with van der Waals surface area (Å²) in [4.78, 5) is 16.0. The topological polar surface area (TPSA) is 34.9 Å². The van der Waals surface area contributed by atoms with Gasteiger partial charge in [0.2, 0.25) is 0 Å². The summed E-state index contributed by atoms with van der Waals surface area (Å²) >= 11 is 6.66. The van der Waals surface area contributed by atoms with Gasteiger partial charge in [0, 0.05) is 18.1 Å². The van der Waals surface area contributed by atoms with Crippen molar-refractivity contribution >= 4 is 31.9 Å². The first-order valence-electron chi connectivity index (χ1n) is 4.88. The van der Waals surface area contributed by atoms with Crippen LogP contribution >= 0.6 is 31.9 Å². The van der Waals surface area contributed by atoms with Crippen LogP contribution in [-0.2, 0) is 6.54 Å². The molecular formula is C10H14Br2N2O. The van der Waals surface area contributed by atoms with Crippen molar-refractivity contribution in [1.29, 1.82) is 0 Å². The lowest BCUT2D eigenvalue weighted by Gasteiger charge is -2.15. The maximum Gasteiger partial charge on any atom is 0.267 e. The molecule has 1 aromatic rings. The number of halogens is 2. The lowest BCUT2D eigenvalue weighted by Crippen LogP contribution is -2.27. The zero-order chi connectivity index (χ0) is 11.4. The average molecular weight is 338 g/mol. The van der Waals surface area contributed by atoms with Crippen LogP contribution in [-0.4, -0.2) is 14.9 Å². The predicted octanol–water partition coefficient (Wildman–Crippen LogP) is 2.74. The molecule has 0 aliphatic rings. The van der Waals surface area contributed by atoms with Gasteiger partial charge >= 0.3 is 0 Å². The van der Waals surface area contributed by atoms with E-state index in [1.54, 1.807) is 10.8 Å². The minimum atomic E-state index is 0.00176. The van der Waals surface area contributed by atoms with Crippen LogP contribution < -0.4 is 5.56 Å². The number of hydrogen-bond acceptors (Lipinski definition) is 2. The van der Waals surface area contributed by atoms with Crippen LogP contribution in [0.25, 0.3) is 0 Å². The Balaban J connectivity index is 3.03. The van der Waals surface area contributed by atoms with E-state index < -0.39 is 0 Å². The molecule has 0 saturated carbocycles. The second-order valence-corrected chi connectivity index (χ2v) is 5.00. The van der Waals surface area contributed by atoms with Gasteiger partial charge in [-0.25, -0.2) is 4.98 Å². The summed E-state index contributed by atoms with van der Waals surface area (Å²) in [7, 11) is 0. The molecule has 5 heteroatoms. The van der Waals surface area contributed by atoms with E-state index >= 15 is 0 Å². The van der Waals surface area contributed by atoms with E-state index in [-0.39, 0.29) is 5.56 Å². The van der Waals surface area contributed by atoms with Gasteiger partial charge in [0.25, 0.3) is 5.56 Å². The fraction of sp³-hybridized carbons (Fsp3) is 0.600. The third kappa shape index (κ3) is 3.14. The highest BCUT2D eigenvalue weighted by Crippen LogP contribution is 2.10. The summed E-state index contributed by atoms with van der Waals surface area (Å²) in [5.74, 6) is 1.24. The number of aryl methyl sites for hydroxylation is 1. The molecule has 1 rings (SSSR count). The number of aromatic nitrogens is 2. The molecule has 1 unspecified atom stereocenters. The second-order valence-electron chi connectivity index (χ2n) is 3.50. The van der Waals surface area contributed by atoms with Gasteiger partial charge in [-0.3, -0.25) is 9.36 Å². The zero-order valence-corrected chi connectivity index (χ0v) is 12.0. The molecule has 1 heterocycles. The minimum absolute atomic E-state index is 0.00176. The van der Waals surface area contributed by atoms with Gasteiger partial charge in [-0.2, -0.15) is 0 Å². The smallest absolute Gasteiger partial charge is 0.267 e. The first-order chi connectivity index (χ1) is 7.10. The van der Waals surface area contributed by atoms with E-state index in [2.05, 4.69) is 43.8 Å². The molecule has 0 radical (unpaired) electrons. The molecule has 0 saturated heterocycles. The van der Waals surface area contributed by atoms with Crippen LogP contribution in [0.15, 0.2) is 15.5 Å². The molecule has 1 aromatic heterocycles. The van der Waals surface area contributed by atoms with E-state index in [1.165, 1.54) is 0 Å². The van der Waals surface area contributed by atoms with Gasteiger partial charge < -0.3 is 0 Å². The second kappa shape index (κ2) is 5.80. The molecule has 0 aliphatic heterocycles. The van der Waals surface area contributed by atoms with Crippen molar-refractivity contribution in [1.82, 2.24) is 9.55 Å². The Kier molecular flexibility index (Phi) is 4.99. The van der Waals surface area contributed by atoms with Gasteiger partial charge in [-0.15, -0.1) is 0 Å². The number of alkyl halides is 1. The van der Waals surface area contributed by atoms with Crippen molar-refractivity contribution in [3.05, 3.63) is 26.8 Å². The van der Waals surface area contributed by atoms with Crippen LogP contribution in [0.5, 0.6) is 0 Å². The Labute approximate surface area is 106 Å². The molecule has 0 fully saturated rings. The van der Waals surface area contributed by atoms with E-state index in [1.807, 2.05) is 6.92 Å². The number of hydrogen-bond donors (Lipinski definition) is 0. The van der Waals surface area contributed by atoms with Crippen molar-refractivity contribution in [2.45, 2.75) is 26.8 Å². The normalized spacial score (nSPS) is 12.8. The van der Waals surface area contributed by atoms with Crippen LogP contribution in [0, 0.1) is 12.8 Å². The fourth-order valence-electron chi connectivity index (χ4n) is 1.31. The molecule has 0 spiro atoms. The Morgan fingerprint density at radius 1 is 1.60 bits per heavy atom. The van der Waals surface area contributed by atoms with Crippen LogP contribution in [0.4, 0.5) is 0 Å². The summed E-state index contributed by atoms with van der Waals surface area (Å²) in [6.07, 6.45) is 2.60. The summed E-state index contributed by atoms with van der Waals surface area (Å²) in [5, 5.41) is 0.905. The summed E-state index contributed by atoms with van der Waals surface area (Å²) < 4.78 is 2.25. The molecule has 0 amide bonds. The van der Waals surface area contributed by atoms with E-state index in [4.69, 9.17) is 0 Å². The Hall–Kier alpha value is -0.160. The third-order valence-electron chi connectivity index (χ3n) is 2.44. The maximum atomic E-state index is 11.8. The lowest BCUT2D eigenvalue weighted by atomic mass is 10.1. The van der Waals surface area contributed by atoms with Gasteiger partial charge in [-0.1, -0.05) is 29.3 Å². The van der Waals surface area contributed by atoms with Crippen molar-refractivity contribution in [3.63, 3.8) is 0 Å². The minimum Gasteiger partial charge on any atom is -0.296 e. The standard InChI is InChI=1S/C10H14Br2N2O/c1-3-8(4-11)6-14-7(2)13-5-9(12)10(14)15/h5,8H,3-4,6H2,1-2H3. The van der Waals surface area contributed by atoms with Crippen LogP contribution in [0.2, 0.25) is 0 Å². The summed E-state index contributed by atoms with van der Waals surface area (Å²) in [6, 6.07) is 0. The molecular weight excluding hydrogens is 324 g/mol. The van der Waals surface area contributed by atoms with Crippen LogP contribution in [0.1, 0.15) is 19.2 Å². The molecule has 0 N–H and O–H groups in total. The highest BCUT2D eigenvalue weighted by Gasteiger charge is 2.10. The van der Waals surface area contributed by atoms with Crippen molar-refractivity contribution in [2.24, 2.45) is 5.92 Å². The fourth-order valence-corrected chi connectivity index (χ4v) is 2.29. The third-order valence-corrected chi connectivity index (χ3v) is 3.90. The number of rotatable bonds is 4. The van der Waals surface area contributed by atoms with Gasteiger partial charge in [0.05, 0.1) is 0 Å². The van der Waals surface area contributed by atoms with Crippen LogP contribution in [0.3, 0.4) is 0 Å². The Bertz CT molecular complexity index is 385. The number of nitrogens with zero attached hydrogens (tertiary/aromatic N) is 2. The molecule has 15 heavy (non-hydrogen) atoms. The Morgan fingerprint density at radius 2 is 2.27 bits per heavy atom. The monoisotopic (exact) mass is 336 g/mol. The van der Waals surface area contributed by atoms with Crippen molar-refractivity contribution in [2.75, 3.05) is 5.33 Å². The first kappa shape index (κ1) is 12.9. The lowest BCUT2D eigenvalue weighted by molar-refractivity contribution is 0.456. The van der Waals surface area contributed by atoms with E-state index in [9.17, 15) is 4.79 Å². The summed E-state index contributed by atoms with van der Waals surface area (Å²) in [6.45, 7) is 4.70. The largest absolute Gasteiger partial charge is 0.296 e. The van der Waals surface area contributed by atoms with Crippen molar-refractivity contribution in [3.8, 4) is 0 Å². The molecule has 0 aliphatic carbocycles. The molecule has 0 bridgehead atoms. The average Bonchev–Trinajstić information content (AvgIpc) is 2.24. The molecule has 84 valence electrons. The van der Waals surface area contributed by atoms with Crippen molar-refractivity contribution < 1.29 is 0 Å². The highest BCUT2D eigenvalue weighted by atomic mass is 79.9. The SMILES string of the molecule is CCC(CBr)Cn1c(C)ncc(Br)c1=O. The Morgan fingerprint density at radius 3 is 2.80 bits per heavy atom. The van der Waals surface area contributed by atoms with Gasteiger partial charge in [0.15, 0.2) is 0 Å². The highest BCUT2D eigenvalue weighted by molar-refractivity contribution is 9.10. The molecule has 3 nitrogen and oxygen atoms in total. The van der Waals surface area contributed by atoms with Gasteiger partial charge in [0.1, 0.15) is 10.3 Å². The first-order valence-corrected chi connectivity index (χ1v) is 6.79. The van der Waals surface area contributed by atoms with Gasteiger partial charge in [-0.05, 0) is 28.8 Å². The van der Waals surface area contributed by atoms with E-state index in [0.717, 1.165) is 24.1 Å². The maximum absolute atomic E-state index is 11.8. The molecule has 0 aromatic carbocycles. The quantitative estimate of drug-likeness (QED) is 0.792. The summed E-state index contributed by atoms with van der Waals surface area (Å²) in [5.41, 5.74) is 0.00176. The predicted molar refractivity (Wildman–Crippen MR) is 68.5 cm³/mol. The zero-order valence-electron chi connectivity index (χ0n) is 8.83. The molecule has 1 atom stereocenters. The van der Waals surface area contributed by atoms with E-state index in [0.29, 0.717) is 10.4 Å².